The zero-order valence-electron chi connectivity index (χ0n) is 7.53. The van der Waals surface area contributed by atoms with Crippen molar-refractivity contribution in [1.82, 2.24) is 6.15 Å². The minimum Gasteiger partial charge on any atom is -0.504 e. The predicted octanol–water partition coefficient (Wildman–Crippen LogP) is 0.758. The van der Waals surface area contributed by atoms with Crippen molar-refractivity contribution < 1.29 is 29.7 Å². The fourth-order valence-corrected chi connectivity index (χ4v) is 0.891. The van der Waals surface area contributed by atoms with Gasteiger partial charge in [0.2, 0.25) is 0 Å². The van der Waals surface area contributed by atoms with Crippen molar-refractivity contribution in [2.45, 2.75) is 6.42 Å². The maximum Gasteiger partial charge on any atom is 2.00 e. The van der Waals surface area contributed by atoms with Gasteiger partial charge in [0.05, 0.1) is 0 Å². The molecule has 1 aromatic carbocycles. The van der Waals surface area contributed by atoms with Gasteiger partial charge < -0.3 is 22.1 Å². The van der Waals surface area contributed by atoms with E-state index in [1.54, 1.807) is 6.07 Å². The largest absolute Gasteiger partial charge is 2.00 e. The van der Waals surface area contributed by atoms with Crippen LogP contribution in [-0.2, 0) is 25.9 Å². The van der Waals surface area contributed by atoms with Crippen molar-refractivity contribution >= 4 is 0 Å². The molecule has 4 nitrogen and oxygen atoms in total. The molecule has 0 atom stereocenters. The molecule has 0 fully saturated rings. The van der Waals surface area contributed by atoms with Crippen LogP contribution in [0.5, 0.6) is 11.5 Å². The average Bonchev–Trinajstić information content (AvgIpc) is 1.98. The van der Waals surface area contributed by atoms with Crippen molar-refractivity contribution in [3.05, 3.63) is 23.8 Å². The summed E-state index contributed by atoms with van der Waals surface area (Å²) in [7, 11) is 0. The fraction of sp³-hybridized carbons (Fsp3) is 0.250. The second-order valence-electron chi connectivity index (χ2n) is 2.36. The van der Waals surface area contributed by atoms with Gasteiger partial charge in [-0.25, -0.2) is 0 Å². The fourth-order valence-electron chi connectivity index (χ4n) is 0.891. The Morgan fingerprint density at radius 1 is 1.15 bits per heavy atom. The Labute approximate surface area is 90.1 Å². The van der Waals surface area contributed by atoms with E-state index in [2.05, 4.69) is 0 Å². The summed E-state index contributed by atoms with van der Waals surface area (Å²) in [5.41, 5.74) is 6.24. The number of phenolic OH excluding ortho intramolecular Hbond substituents is 2. The molecule has 0 aliphatic rings. The first kappa shape index (κ1) is 14.9. The van der Waals surface area contributed by atoms with Crippen LogP contribution < -0.4 is 11.9 Å². The molecule has 0 spiro atoms. The Hall–Kier alpha value is -0.637. The van der Waals surface area contributed by atoms with E-state index in [0.29, 0.717) is 13.0 Å². The van der Waals surface area contributed by atoms with Crippen LogP contribution in [0, 0.1) is 0 Å². The minimum absolute atomic E-state index is 0. The average molecular weight is 236 g/mol. The summed E-state index contributed by atoms with van der Waals surface area (Å²) in [5, 5.41) is 18.0. The number of hydrogen-bond acceptors (Lipinski definition) is 4. The van der Waals surface area contributed by atoms with Crippen molar-refractivity contribution in [3.8, 4) is 11.5 Å². The van der Waals surface area contributed by atoms with E-state index >= 15 is 0 Å². The molecule has 7 N–H and O–H groups in total. The van der Waals surface area contributed by atoms with E-state index in [4.69, 9.17) is 15.9 Å². The standard InChI is InChI=1S/C8H11NO2.H3N.Zn/c9-4-3-6-1-2-7(10)8(11)5-6;;/h1-2,5,10-11H,3-4,9H2;1H3;/q;;+2. The normalized spacial score (nSPS) is 8.38. The van der Waals surface area contributed by atoms with Gasteiger partial charge >= 0.3 is 19.5 Å². The smallest absolute Gasteiger partial charge is 0.504 e. The maximum atomic E-state index is 9.04. The topological polar surface area (TPSA) is 101 Å². The van der Waals surface area contributed by atoms with Crippen LogP contribution in [0.15, 0.2) is 18.2 Å². The Balaban J connectivity index is 0. The van der Waals surface area contributed by atoms with Crippen LogP contribution >= 0.6 is 0 Å². The van der Waals surface area contributed by atoms with Crippen molar-refractivity contribution in [2.75, 3.05) is 6.54 Å². The summed E-state index contributed by atoms with van der Waals surface area (Å²) in [6, 6.07) is 4.71. The number of phenols is 2. The number of aromatic hydroxyl groups is 2. The van der Waals surface area contributed by atoms with Gasteiger partial charge in [-0.1, -0.05) is 6.07 Å². The Bertz CT molecular complexity index is 256. The van der Waals surface area contributed by atoms with E-state index in [0.717, 1.165) is 5.56 Å². The summed E-state index contributed by atoms with van der Waals surface area (Å²) in [6.07, 6.45) is 0.716. The van der Waals surface area contributed by atoms with E-state index in [9.17, 15) is 0 Å². The van der Waals surface area contributed by atoms with Gasteiger partial charge in [0.1, 0.15) is 0 Å². The molecule has 0 amide bonds. The molecule has 0 aliphatic carbocycles. The summed E-state index contributed by atoms with van der Waals surface area (Å²) in [4.78, 5) is 0. The monoisotopic (exact) mass is 234 g/mol. The Kier molecular flexibility index (Phi) is 7.81. The molecule has 68 valence electrons. The van der Waals surface area contributed by atoms with Crippen LogP contribution in [0.1, 0.15) is 5.56 Å². The van der Waals surface area contributed by atoms with E-state index < -0.39 is 0 Å². The summed E-state index contributed by atoms with van der Waals surface area (Å²) >= 11 is 0. The zero-order valence-corrected chi connectivity index (χ0v) is 10.5. The molecule has 0 heterocycles. The second-order valence-corrected chi connectivity index (χ2v) is 2.36. The van der Waals surface area contributed by atoms with Crippen molar-refractivity contribution in [3.63, 3.8) is 0 Å². The van der Waals surface area contributed by atoms with Crippen molar-refractivity contribution in [2.24, 2.45) is 5.73 Å². The molecule has 13 heavy (non-hydrogen) atoms. The first-order chi connectivity index (χ1) is 5.24. The minimum atomic E-state index is -0.0919. The van der Waals surface area contributed by atoms with Crippen LogP contribution in [0.25, 0.3) is 0 Å². The van der Waals surface area contributed by atoms with Gasteiger partial charge in [0, 0.05) is 0 Å². The van der Waals surface area contributed by atoms with E-state index in [1.807, 2.05) is 0 Å². The SMILES string of the molecule is N.NCCc1ccc(O)c(O)c1.[Zn+2]. The van der Waals surface area contributed by atoms with Crippen LogP contribution in [0.2, 0.25) is 0 Å². The number of benzene rings is 1. The molecule has 0 saturated carbocycles. The molecule has 0 saturated heterocycles. The molecule has 1 aromatic rings. The summed E-state index contributed by atoms with van der Waals surface area (Å²) in [5.74, 6) is -0.179. The van der Waals surface area contributed by atoms with Gasteiger partial charge in [0.25, 0.3) is 0 Å². The molecule has 0 bridgehead atoms. The molecular formula is C8H14N2O2Zn+2. The zero-order chi connectivity index (χ0) is 8.27. The number of nitrogens with two attached hydrogens (primary N) is 1. The van der Waals surface area contributed by atoms with Crippen LogP contribution in [0.4, 0.5) is 0 Å². The maximum absolute atomic E-state index is 9.04. The molecule has 0 aliphatic heterocycles. The molecular weight excluding hydrogens is 221 g/mol. The summed E-state index contributed by atoms with van der Waals surface area (Å²) in [6.45, 7) is 0.546. The van der Waals surface area contributed by atoms with Crippen LogP contribution in [0.3, 0.4) is 0 Å². The van der Waals surface area contributed by atoms with Gasteiger partial charge in [-0.05, 0) is 30.7 Å². The molecule has 5 heteroatoms. The van der Waals surface area contributed by atoms with Gasteiger partial charge in [-0.15, -0.1) is 0 Å². The van der Waals surface area contributed by atoms with Crippen molar-refractivity contribution in [1.29, 1.82) is 0 Å². The van der Waals surface area contributed by atoms with E-state index in [-0.39, 0.29) is 37.1 Å². The van der Waals surface area contributed by atoms with Crippen LogP contribution in [-0.4, -0.2) is 16.8 Å². The molecule has 0 aromatic heterocycles. The Morgan fingerprint density at radius 2 is 1.77 bits per heavy atom. The van der Waals surface area contributed by atoms with Gasteiger partial charge in [-0.3, -0.25) is 0 Å². The van der Waals surface area contributed by atoms with Gasteiger partial charge in [0.15, 0.2) is 11.5 Å². The van der Waals surface area contributed by atoms with E-state index in [1.165, 1.54) is 12.1 Å². The number of rotatable bonds is 2. The molecule has 1 rings (SSSR count). The third kappa shape index (κ3) is 4.22. The molecule has 0 radical (unpaired) electrons. The quantitative estimate of drug-likeness (QED) is 0.449. The number of hydrogen-bond donors (Lipinski definition) is 4. The first-order valence-corrected chi connectivity index (χ1v) is 3.45. The first-order valence-electron chi connectivity index (χ1n) is 3.45. The molecule has 0 unspecified atom stereocenters. The third-order valence-electron chi connectivity index (χ3n) is 1.47. The summed E-state index contributed by atoms with van der Waals surface area (Å²) < 4.78 is 0. The third-order valence-corrected chi connectivity index (χ3v) is 1.47. The predicted molar refractivity (Wildman–Crippen MR) is 47.6 cm³/mol. The Morgan fingerprint density at radius 3 is 2.23 bits per heavy atom. The second kappa shape index (κ2) is 6.83. The van der Waals surface area contributed by atoms with Gasteiger partial charge in [-0.2, -0.15) is 0 Å².